The highest BCUT2D eigenvalue weighted by atomic mass is 79.9. The zero-order chi connectivity index (χ0) is 12.0. The molecule has 1 amide bonds. The summed E-state index contributed by atoms with van der Waals surface area (Å²) in [6, 6.07) is 5.16. The van der Waals surface area contributed by atoms with Crippen molar-refractivity contribution in [3.05, 3.63) is 28.2 Å². The van der Waals surface area contributed by atoms with E-state index in [2.05, 4.69) is 21.2 Å². The second kappa shape index (κ2) is 6.50. The maximum Gasteiger partial charge on any atom is 0.251 e. The van der Waals surface area contributed by atoms with Crippen LogP contribution in [-0.4, -0.2) is 19.0 Å². The quantitative estimate of drug-likeness (QED) is 0.566. The Hall–Kier alpha value is -1.07. The van der Waals surface area contributed by atoms with Crippen LogP contribution in [0.2, 0.25) is 0 Å². The molecule has 0 saturated carbocycles. The maximum absolute atomic E-state index is 11.7. The van der Waals surface area contributed by atoms with Gasteiger partial charge in [0.05, 0.1) is 0 Å². The average Bonchev–Trinajstić information content (AvgIpc) is 2.22. The number of unbranched alkanes of at least 4 members (excludes halogenated alkanes) is 1. The van der Waals surface area contributed by atoms with E-state index in [0.29, 0.717) is 24.3 Å². The molecule has 0 bridgehead atoms. The van der Waals surface area contributed by atoms with Gasteiger partial charge in [-0.1, -0.05) is 15.9 Å². The van der Waals surface area contributed by atoms with Crippen LogP contribution in [0.25, 0.3) is 0 Å². The van der Waals surface area contributed by atoms with Crippen LogP contribution in [0.5, 0.6) is 0 Å². The number of carbonyl (C=O) groups is 1. The second-order valence-electron chi connectivity index (χ2n) is 3.52. The predicted octanol–water partition coefficient (Wildman–Crippen LogP) is 1.50. The number of anilines is 1. The van der Waals surface area contributed by atoms with Crippen molar-refractivity contribution in [3.8, 4) is 0 Å². The molecule has 0 unspecified atom stereocenters. The first-order chi connectivity index (χ1) is 7.63. The fourth-order valence-electron chi connectivity index (χ4n) is 1.32. The number of rotatable bonds is 5. The highest BCUT2D eigenvalue weighted by Gasteiger charge is 2.06. The van der Waals surface area contributed by atoms with Gasteiger partial charge < -0.3 is 16.8 Å². The number of nitrogen functional groups attached to an aromatic ring is 1. The van der Waals surface area contributed by atoms with E-state index in [1.54, 1.807) is 18.2 Å². The monoisotopic (exact) mass is 285 g/mol. The Morgan fingerprint density at radius 1 is 1.31 bits per heavy atom. The molecule has 1 aromatic carbocycles. The molecule has 0 spiro atoms. The van der Waals surface area contributed by atoms with Crippen LogP contribution in [0.15, 0.2) is 22.7 Å². The molecule has 4 nitrogen and oxygen atoms in total. The summed E-state index contributed by atoms with van der Waals surface area (Å²) in [5.74, 6) is -0.106. The highest BCUT2D eigenvalue weighted by Crippen LogP contribution is 2.17. The number of halogens is 1. The zero-order valence-corrected chi connectivity index (χ0v) is 10.6. The van der Waals surface area contributed by atoms with Crippen molar-refractivity contribution in [1.82, 2.24) is 5.32 Å². The average molecular weight is 286 g/mol. The van der Waals surface area contributed by atoms with Crippen molar-refractivity contribution in [2.24, 2.45) is 5.73 Å². The third-order valence-electron chi connectivity index (χ3n) is 2.10. The van der Waals surface area contributed by atoms with Crippen LogP contribution in [0.4, 0.5) is 5.69 Å². The van der Waals surface area contributed by atoms with Crippen molar-refractivity contribution < 1.29 is 4.79 Å². The van der Waals surface area contributed by atoms with Crippen LogP contribution < -0.4 is 16.8 Å². The van der Waals surface area contributed by atoms with Gasteiger partial charge in [0.25, 0.3) is 5.91 Å². The van der Waals surface area contributed by atoms with Crippen LogP contribution in [0, 0.1) is 0 Å². The van der Waals surface area contributed by atoms with Gasteiger partial charge in [-0.15, -0.1) is 0 Å². The van der Waals surface area contributed by atoms with Gasteiger partial charge in [0, 0.05) is 22.3 Å². The molecule has 88 valence electrons. The third-order valence-corrected chi connectivity index (χ3v) is 2.56. The van der Waals surface area contributed by atoms with Gasteiger partial charge in [-0.05, 0) is 37.6 Å². The normalized spacial score (nSPS) is 10.1. The lowest BCUT2D eigenvalue weighted by Crippen LogP contribution is -2.25. The molecule has 1 aromatic rings. The van der Waals surface area contributed by atoms with Crippen molar-refractivity contribution in [2.45, 2.75) is 12.8 Å². The van der Waals surface area contributed by atoms with Gasteiger partial charge in [-0.2, -0.15) is 0 Å². The number of nitrogens with one attached hydrogen (secondary N) is 1. The Morgan fingerprint density at radius 3 is 2.69 bits per heavy atom. The predicted molar refractivity (Wildman–Crippen MR) is 69.2 cm³/mol. The largest absolute Gasteiger partial charge is 0.399 e. The molecule has 0 radical (unpaired) electrons. The molecule has 0 aliphatic carbocycles. The van der Waals surface area contributed by atoms with Crippen LogP contribution in [0.1, 0.15) is 23.2 Å². The van der Waals surface area contributed by atoms with E-state index in [1.165, 1.54) is 0 Å². The van der Waals surface area contributed by atoms with Crippen LogP contribution >= 0.6 is 15.9 Å². The maximum atomic E-state index is 11.7. The minimum atomic E-state index is -0.106. The molecule has 0 aliphatic heterocycles. The number of benzene rings is 1. The SMILES string of the molecule is NCCCCNC(=O)c1cc(N)cc(Br)c1. The molecule has 0 aromatic heterocycles. The summed E-state index contributed by atoms with van der Waals surface area (Å²) in [5.41, 5.74) is 12.1. The molecule has 0 saturated heterocycles. The Balaban J connectivity index is 2.52. The molecular formula is C11H16BrN3O. The highest BCUT2D eigenvalue weighted by molar-refractivity contribution is 9.10. The van der Waals surface area contributed by atoms with Crippen LogP contribution in [0.3, 0.4) is 0 Å². The zero-order valence-electron chi connectivity index (χ0n) is 9.00. The van der Waals surface area contributed by atoms with Crippen molar-refractivity contribution in [1.29, 1.82) is 0 Å². The standard InChI is InChI=1S/C11H16BrN3O/c12-9-5-8(6-10(14)7-9)11(16)15-4-2-1-3-13/h5-7H,1-4,13-14H2,(H,15,16). The minimum absolute atomic E-state index is 0.106. The summed E-state index contributed by atoms with van der Waals surface area (Å²) < 4.78 is 0.805. The molecule has 1 rings (SSSR count). The molecule has 16 heavy (non-hydrogen) atoms. The lowest BCUT2D eigenvalue weighted by molar-refractivity contribution is 0.0953. The molecule has 5 N–H and O–H groups in total. The van der Waals surface area contributed by atoms with E-state index in [4.69, 9.17) is 11.5 Å². The van der Waals surface area contributed by atoms with E-state index in [0.717, 1.165) is 17.3 Å². The summed E-state index contributed by atoms with van der Waals surface area (Å²) in [6.45, 7) is 1.29. The lowest BCUT2D eigenvalue weighted by Gasteiger charge is -2.06. The fourth-order valence-corrected chi connectivity index (χ4v) is 1.83. The van der Waals surface area contributed by atoms with Crippen LogP contribution in [-0.2, 0) is 0 Å². The summed E-state index contributed by atoms with van der Waals surface area (Å²) in [6.07, 6.45) is 1.81. The van der Waals surface area contributed by atoms with Crippen molar-refractivity contribution in [3.63, 3.8) is 0 Å². The second-order valence-corrected chi connectivity index (χ2v) is 4.44. The molecule has 0 atom stereocenters. The van der Waals surface area contributed by atoms with E-state index in [-0.39, 0.29) is 5.91 Å². The van der Waals surface area contributed by atoms with Crippen molar-refractivity contribution in [2.75, 3.05) is 18.8 Å². The number of hydrogen-bond donors (Lipinski definition) is 3. The molecule has 0 aliphatic rings. The Kier molecular flexibility index (Phi) is 5.28. The number of amides is 1. The molecule has 5 heteroatoms. The summed E-state index contributed by atoms with van der Waals surface area (Å²) in [4.78, 5) is 11.7. The Morgan fingerprint density at radius 2 is 2.06 bits per heavy atom. The van der Waals surface area contributed by atoms with Gasteiger partial charge in [0.2, 0.25) is 0 Å². The van der Waals surface area contributed by atoms with Gasteiger partial charge in [0.15, 0.2) is 0 Å². The van der Waals surface area contributed by atoms with E-state index in [9.17, 15) is 4.79 Å². The summed E-state index contributed by atoms with van der Waals surface area (Å²) >= 11 is 3.30. The van der Waals surface area contributed by atoms with Gasteiger partial charge in [0.1, 0.15) is 0 Å². The van der Waals surface area contributed by atoms with Crippen molar-refractivity contribution >= 4 is 27.5 Å². The molecule has 0 fully saturated rings. The van der Waals surface area contributed by atoms with E-state index < -0.39 is 0 Å². The minimum Gasteiger partial charge on any atom is -0.399 e. The first-order valence-corrected chi connectivity index (χ1v) is 5.97. The first kappa shape index (κ1) is 13.0. The Labute approximate surface area is 104 Å². The fraction of sp³-hybridized carbons (Fsp3) is 0.364. The van der Waals surface area contributed by atoms with Gasteiger partial charge in [-0.25, -0.2) is 0 Å². The van der Waals surface area contributed by atoms with E-state index in [1.807, 2.05) is 0 Å². The number of hydrogen-bond acceptors (Lipinski definition) is 3. The van der Waals surface area contributed by atoms with E-state index >= 15 is 0 Å². The first-order valence-electron chi connectivity index (χ1n) is 5.18. The molecule has 0 heterocycles. The molecular weight excluding hydrogens is 270 g/mol. The Bertz CT molecular complexity index is 348. The summed E-state index contributed by atoms with van der Waals surface area (Å²) in [5, 5.41) is 2.82. The van der Waals surface area contributed by atoms with Gasteiger partial charge in [-0.3, -0.25) is 4.79 Å². The topological polar surface area (TPSA) is 81.1 Å². The number of carbonyl (C=O) groups excluding carboxylic acids is 1. The smallest absolute Gasteiger partial charge is 0.251 e. The number of nitrogens with two attached hydrogens (primary N) is 2. The van der Waals surface area contributed by atoms with Gasteiger partial charge >= 0.3 is 0 Å². The summed E-state index contributed by atoms with van der Waals surface area (Å²) in [7, 11) is 0. The lowest BCUT2D eigenvalue weighted by atomic mass is 10.2. The third kappa shape index (κ3) is 4.20.